The zero-order valence-electron chi connectivity index (χ0n) is 13.9. The molecule has 2 aromatic heterocycles. The summed E-state index contributed by atoms with van der Waals surface area (Å²) in [7, 11) is 0. The Morgan fingerprint density at radius 2 is 2.04 bits per heavy atom. The molecule has 0 fully saturated rings. The van der Waals surface area contributed by atoms with Crippen LogP contribution in [0.5, 0.6) is 0 Å². The molecule has 0 aliphatic rings. The Hall–Kier alpha value is -3.37. The monoisotopic (exact) mass is 365 g/mol. The van der Waals surface area contributed by atoms with Crippen molar-refractivity contribution in [2.75, 3.05) is 5.32 Å². The van der Waals surface area contributed by atoms with Crippen molar-refractivity contribution in [3.8, 4) is 6.07 Å². The summed E-state index contributed by atoms with van der Waals surface area (Å²) in [5.74, 6) is -0.385. The van der Waals surface area contributed by atoms with Gasteiger partial charge in [-0.25, -0.2) is 0 Å². The van der Waals surface area contributed by atoms with Crippen molar-refractivity contribution < 1.29 is 14.0 Å². The maximum absolute atomic E-state index is 12.4. The van der Waals surface area contributed by atoms with Gasteiger partial charge < -0.3 is 15.1 Å². The third-order valence-electron chi connectivity index (χ3n) is 3.61. The zero-order valence-corrected chi connectivity index (χ0v) is 14.7. The molecule has 0 saturated carbocycles. The summed E-state index contributed by atoms with van der Waals surface area (Å²) in [6.07, 6.45) is 1.43. The first-order valence-electron chi connectivity index (χ1n) is 7.79. The van der Waals surface area contributed by atoms with Crippen molar-refractivity contribution in [3.05, 3.63) is 76.1 Å². The number of nitriles is 1. The molecule has 2 heterocycles. The molecule has 3 aromatic rings. The summed E-state index contributed by atoms with van der Waals surface area (Å²) in [5, 5.41) is 15.0. The van der Waals surface area contributed by atoms with Crippen LogP contribution < -0.4 is 10.6 Å². The van der Waals surface area contributed by atoms with Crippen molar-refractivity contribution in [1.82, 2.24) is 5.32 Å². The topological polar surface area (TPSA) is 95.1 Å². The molecule has 2 amide bonds. The Labute approximate surface area is 154 Å². The molecule has 7 heteroatoms. The number of anilines is 1. The molecule has 0 spiro atoms. The SMILES string of the molecule is Cc1cc(NC(=O)c2ccco2)sc1C(=O)NCc1cccc(C#N)c1. The molecule has 0 atom stereocenters. The van der Waals surface area contributed by atoms with Crippen LogP contribution in [0.15, 0.2) is 53.1 Å². The normalized spacial score (nSPS) is 10.2. The van der Waals surface area contributed by atoms with Gasteiger partial charge in [-0.05, 0) is 48.4 Å². The summed E-state index contributed by atoms with van der Waals surface area (Å²) in [6.45, 7) is 2.13. The first kappa shape index (κ1) is 17.5. The molecule has 0 bridgehead atoms. The van der Waals surface area contributed by atoms with Crippen molar-refractivity contribution in [3.63, 3.8) is 0 Å². The summed E-state index contributed by atoms with van der Waals surface area (Å²) in [4.78, 5) is 25.0. The van der Waals surface area contributed by atoms with E-state index in [2.05, 4.69) is 16.7 Å². The number of aryl methyl sites for hydroxylation is 1. The van der Waals surface area contributed by atoms with Gasteiger partial charge >= 0.3 is 0 Å². The first-order valence-corrected chi connectivity index (χ1v) is 8.61. The van der Waals surface area contributed by atoms with E-state index in [9.17, 15) is 9.59 Å². The molecule has 26 heavy (non-hydrogen) atoms. The largest absolute Gasteiger partial charge is 0.459 e. The van der Waals surface area contributed by atoms with E-state index in [0.717, 1.165) is 11.1 Å². The number of thiophene rings is 1. The lowest BCUT2D eigenvalue weighted by molar-refractivity contribution is 0.0953. The molecule has 6 nitrogen and oxygen atoms in total. The van der Waals surface area contributed by atoms with Crippen LogP contribution in [-0.2, 0) is 6.54 Å². The van der Waals surface area contributed by atoms with Gasteiger partial charge in [0.05, 0.1) is 27.8 Å². The number of hydrogen-bond donors (Lipinski definition) is 2. The van der Waals surface area contributed by atoms with Crippen molar-refractivity contribution in [2.45, 2.75) is 13.5 Å². The van der Waals surface area contributed by atoms with Crippen LogP contribution in [0, 0.1) is 18.3 Å². The second-order valence-electron chi connectivity index (χ2n) is 5.55. The lowest BCUT2D eigenvalue weighted by Crippen LogP contribution is -2.22. The van der Waals surface area contributed by atoms with Gasteiger partial charge in [-0.1, -0.05) is 12.1 Å². The van der Waals surface area contributed by atoms with E-state index in [4.69, 9.17) is 9.68 Å². The van der Waals surface area contributed by atoms with E-state index < -0.39 is 0 Å². The number of benzene rings is 1. The van der Waals surface area contributed by atoms with E-state index in [1.54, 1.807) is 36.4 Å². The standard InChI is InChI=1S/C19H15N3O3S/c1-12-8-16(22-18(23)15-6-3-7-25-15)26-17(12)19(24)21-11-14-5-2-4-13(9-14)10-20/h2-9H,11H2,1H3,(H,21,24)(H,22,23). The lowest BCUT2D eigenvalue weighted by atomic mass is 10.1. The van der Waals surface area contributed by atoms with E-state index in [0.29, 0.717) is 22.0 Å². The second kappa shape index (κ2) is 7.68. The van der Waals surface area contributed by atoms with Crippen LogP contribution in [0.4, 0.5) is 5.00 Å². The van der Waals surface area contributed by atoms with Crippen molar-refractivity contribution >= 4 is 28.2 Å². The highest BCUT2D eigenvalue weighted by Crippen LogP contribution is 2.27. The fourth-order valence-corrected chi connectivity index (χ4v) is 3.35. The number of carbonyl (C=O) groups is 2. The van der Waals surface area contributed by atoms with Crippen LogP contribution in [-0.4, -0.2) is 11.8 Å². The van der Waals surface area contributed by atoms with Gasteiger partial charge in [0.1, 0.15) is 0 Å². The Balaban J connectivity index is 1.65. The number of nitrogens with one attached hydrogen (secondary N) is 2. The second-order valence-corrected chi connectivity index (χ2v) is 6.60. The summed E-state index contributed by atoms with van der Waals surface area (Å²) >= 11 is 1.20. The van der Waals surface area contributed by atoms with Crippen LogP contribution in [0.3, 0.4) is 0 Å². The molecule has 0 radical (unpaired) electrons. The third-order valence-corrected chi connectivity index (χ3v) is 4.77. The number of hydrogen-bond acceptors (Lipinski definition) is 5. The smallest absolute Gasteiger partial charge is 0.291 e. The number of furan rings is 1. The number of rotatable bonds is 5. The van der Waals surface area contributed by atoms with Crippen molar-refractivity contribution in [1.29, 1.82) is 5.26 Å². The average Bonchev–Trinajstić information content (AvgIpc) is 3.30. The fourth-order valence-electron chi connectivity index (χ4n) is 2.36. The Morgan fingerprint density at radius 1 is 1.19 bits per heavy atom. The van der Waals surface area contributed by atoms with Crippen LogP contribution in [0.25, 0.3) is 0 Å². The third kappa shape index (κ3) is 3.99. The van der Waals surface area contributed by atoms with Gasteiger partial charge in [-0.15, -0.1) is 11.3 Å². The minimum absolute atomic E-state index is 0.208. The number of nitrogens with zero attached hydrogens (tertiary/aromatic N) is 1. The van der Waals surface area contributed by atoms with E-state index in [1.807, 2.05) is 13.0 Å². The van der Waals surface area contributed by atoms with Crippen LogP contribution >= 0.6 is 11.3 Å². The fraction of sp³-hybridized carbons (Fsp3) is 0.105. The van der Waals surface area contributed by atoms with Gasteiger partial charge in [0.2, 0.25) is 0 Å². The summed E-state index contributed by atoms with van der Waals surface area (Å²) < 4.78 is 5.05. The quantitative estimate of drug-likeness (QED) is 0.720. The first-order chi connectivity index (χ1) is 12.6. The maximum Gasteiger partial charge on any atom is 0.291 e. The number of carbonyl (C=O) groups excluding carboxylic acids is 2. The Bertz CT molecular complexity index is 984. The van der Waals surface area contributed by atoms with Crippen molar-refractivity contribution in [2.24, 2.45) is 0 Å². The van der Waals surface area contributed by atoms with E-state index >= 15 is 0 Å². The van der Waals surface area contributed by atoms with Gasteiger partial charge in [0.25, 0.3) is 11.8 Å². The highest BCUT2D eigenvalue weighted by molar-refractivity contribution is 7.18. The highest BCUT2D eigenvalue weighted by Gasteiger charge is 2.16. The highest BCUT2D eigenvalue weighted by atomic mass is 32.1. The minimum Gasteiger partial charge on any atom is -0.459 e. The van der Waals surface area contributed by atoms with E-state index in [-0.39, 0.29) is 17.6 Å². The predicted molar refractivity (Wildman–Crippen MR) is 98.0 cm³/mol. The van der Waals surface area contributed by atoms with Gasteiger partial charge in [-0.3, -0.25) is 9.59 Å². The predicted octanol–water partition coefficient (Wildman–Crippen LogP) is 3.70. The van der Waals surface area contributed by atoms with Gasteiger partial charge in [0.15, 0.2) is 5.76 Å². The molecule has 130 valence electrons. The molecular formula is C19H15N3O3S. The lowest BCUT2D eigenvalue weighted by Gasteiger charge is -2.05. The van der Waals surface area contributed by atoms with Gasteiger partial charge in [0, 0.05) is 6.54 Å². The summed E-state index contributed by atoms with van der Waals surface area (Å²) in [6, 6.07) is 14.1. The van der Waals surface area contributed by atoms with Gasteiger partial charge in [-0.2, -0.15) is 5.26 Å². The summed E-state index contributed by atoms with van der Waals surface area (Å²) in [5.41, 5.74) is 2.16. The zero-order chi connectivity index (χ0) is 18.5. The van der Waals surface area contributed by atoms with Crippen LogP contribution in [0.2, 0.25) is 0 Å². The molecule has 1 aromatic carbocycles. The van der Waals surface area contributed by atoms with E-state index in [1.165, 1.54) is 17.6 Å². The minimum atomic E-state index is -0.364. The molecule has 0 unspecified atom stereocenters. The molecule has 3 rings (SSSR count). The average molecular weight is 365 g/mol. The molecule has 2 N–H and O–H groups in total. The molecule has 0 aliphatic heterocycles. The molecular weight excluding hydrogens is 350 g/mol. The molecule has 0 aliphatic carbocycles. The Kier molecular flexibility index (Phi) is 5.15. The number of amides is 2. The molecule has 0 saturated heterocycles. The Morgan fingerprint density at radius 3 is 2.77 bits per heavy atom. The van der Waals surface area contributed by atoms with Crippen LogP contribution in [0.1, 0.15) is 36.9 Å². The maximum atomic E-state index is 12.4.